The van der Waals surface area contributed by atoms with Gasteiger partial charge in [-0.05, 0) is 5.39 Å². The molecular weight excluding hydrogens is 657 g/mol. The first-order valence-electron chi connectivity index (χ1n) is 17.3. The predicted molar refractivity (Wildman–Crippen MR) is 203 cm³/mol. The molecule has 3 aromatic heterocycles. The quantitative estimate of drug-likeness (QED) is 0.0955. The maximum absolute atomic E-state index is 7.31. The molecule has 0 bridgehead atoms. The van der Waals surface area contributed by atoms with Crippen LogP contribution in [0.2, 0.25) is 17.3 Å². The molecule has 3 nitrogen and oxygen atoms in total. The molecule has 6 aromatic carbocycles. The van der Waals surface area contributed by atoms with Gasteiger partial charge in [-0.15, -0.1) is 0 Å². The van der Waals surface area contributed by atoms with Gasteiger partial charge in [-0.3, -0.25) is 0 Å². The Balaban J connectivity index is 1.32. The van der Waals surface area contributed by atoms with Crippen molar-refractivity contribution in [2.45, 2.75) is 29.9 Å². The molecule has 4 heteroatoms. The molecule has 11 rings (SSSR count). The average molecular weight is 691 g/mol. The fourth-order valence-electron chi connectivity index (χ4n) is 9.13. The Morgan fingerprint density at radius 1 is 0.551 bits per heavy atom. The van der Waals surface area contributed by atoms with Crippen molar-refractivity contribution in [3.63, 3.8) is 0 Å². The van der Waals surface area contributed by atoms with Gasteiger partial charge < -0.3 is 0 Å². The summed E-state index contributed by atoms with van der Waals surface area (Å²) in [5, 5.41) is 9.77. The minimum absolute atomic E-state index is 0.564. The summed E-state index contributed by atoms with van der Waals surface area (Å²) < 4.78 is 13.9. The molecule has 0 amide bonds. The van der Waals surface area contributed by atoms with Crippen LogP contribution in [0.5, 0.6) is 0 Å². The van der Waals surface area contributed by atoms with Crippen LogP contribution in [0.15, 0.2) is 138 Å². The number of hydrogen-bond donors (Lipinski definition) is 0. The molecule has 0 saturated heterocycles. The molecule has 232 valence electrons. The molecule has 2 aliphatic rings. The molecule has 49 heavy (non-hydrogen) atoms. The van der Waals surface area contributed by atoms with Gasteiger partial charge in [0.05, 0.1) is 0 Å². The van der Waals surface area contributed by atoms with Gasteiger partial charge in [-0.25, -0.2) is 0 Å². The van der Waals surface area contributed by atoms with Crippen molar-refractivity contribution in [3.05, 3.63) is 150 Å². The number of benzene rings is 6. The van der Waals surface area contributed by atoms with E-state index < -0.39 is 18.9 Å². The number of pyridine rings is 2. The summed E-state index contributed by atoms with van der Waals surface area (Å²) in [6, 6.07) is 45.2. The molecule has 0 fully saturated rings. The van der Waals surface area contributed by atoms with E-state index >= 15 is 0 Å². The number of nitrogens with zero attached hydrogens (tertiary/aromatic N) is 2. The standard InChI is InChI=1S/C45H34GeN2O/c1-27-23-24-47-40(25-27)42-38(45(47)37-16-10-9-15-36(37)39-22-17-28(26-48(39)45)46(2,3)4)21-20-35-34-19-18-33-31-13-6-5-11-29(31)30-12-7-8-14-32(30)41(33)43(34)49-44(35)42/h5-26H,1-4H3/q+2. The second-order valence-corrected chi connectivity index (χ2v) is 25.7. The van der Waals surface area contributed by atoms with Crippen molar-refractivity contribution >= 4 is 71.9 Å². The van der Waals surface area contributed by atoms with Crippen molar-refractivity contribution in [3.8, 4) is 22.5 Å². The number of rotatable bonds is 1. The zero-order valence-electron chi connectivity index (χ0n) is 28.0. The number of aryl methyl sites for hydroxylation is 1. The van der Waals surface area contributed by atoms with E-state index in [9.17, 15) is 0 Å². The molecule has 0 N–H and O–H groups in total. The van der Waals surface area contributed by atoms with E-state index in [2.05, 4.69) is 167 Å². The molecule has 0 aliphatic carbocycles. The van der Waals surface area contributed by atoms with Gasteiger partial charge in [0.25, 0.3) is 0 Å². The molecule has 1 unspecified atom stereocenters. The monoisotopic (exact) mass is 692 g/mol. The van der Waals surface area contributed by atoms with Gasteiger partial charge in [0, 0.05) is 0 Å². The van der Waals surface area contributed by atoms with Crippen LogP contribution in [0.4, 0.5) is 0 Å². The van der Waals surface area contributed by atoms with Crippen LogP contribution in [-0.4, -0.2) is 13.3 Å². The van der Waals surface area contributed by atoms with Gasteiger partial charge in [0.1, 0.15) is 0 Å². The van der Waals surface area contributed by atoms with Crippen molar-refractivity contribution in [2.24, 2.45) is 0 Å². The van der Waals surface area contributed by atoms with Crippen LogP contribution in [-0.2, 0) is 5.66 Å². The summed E-state index contributed by atoms with van der Waals surface area (Å²) in [6.07, 6.45) is 4.78. The van der Waals surface area contributed by atoms with Crippen LogP contribution in [0, 0.1) is 6.92 Å². The van der Waals surface area contributed by atoms with Crippen LogP contribution < -0.4 is 13.5 Å². The van der Waals surface area contributed by atoms with E-state index in [1.54, 1.807) is 0 Å². The van der Waals surface area contributed by atoms with Crippen LogP contribution in [0.25, 0.3) is 76.8 Å². The number of furan rings is 1. The van der Waals surface area contributed by atoms with Gasteiger partial charge >= 0.3 is 240 Å². The van der Waals surface area contributed by atoms with E-state index in [-0.39, 0.29) is 0 Å². The zero-order chi connectivity index (χ0) is 32.8. The first-order valence-corrected chi connectivity index (χ1v) is 24.6. The van der Waals surface area contributed by atoms with E-state index in [0.29, 0.717) is 0 Å². The Morgan fingerprint density at radius 2 is 1.18 bits per heavy atom. The molecule has 2 aliphatic heterocycles. The third-order valence-electron chi connectivity index (χ3n) is 11.3. The summed E-state index contributed by atoms with van der Waals surface area (Å²) in [4.78, 5) is 0. The van der Waals surface area contributed by atoms with E-state index in [0.717, 1.165) is 21.9 Å². The average Bonchev–Trinajstić information content (AvgIpc) is 3.74. The molecule has 1 spiro atoms. The summed E-state index contributed by atoms with van der Waals surface area (Å²) in [6.45, 7) is 2.20. The fourth-order valence-corrected chi connectivity index (χ4v) is 11.4. The second-order valence-electron chi connectivity index (χ2n) is 15.0. The SMILES string of the molecule is Cc1cc[n+]2c(c1)-c1c(ccc3c1oc1c3ccc3c4ccccc4c4ccccc4c31)C21c2ccccc2-c2cc[c]([Ge]([CH3])([CH3])[CH3])c[n+]21. The van der Waals surface area contributed by atoms with E-state index in [1.165, 1.54) is 75.9 Å². The summed E-state index contributed by atoms with van der Waals surface area (Å²) >= 11 is -2.19. The Bertz CT molecular complexity index is 2910. The zero-order valence-corrected chi connectivity index (χ0v) is 30.1. The maximum atomic E-state index is 7.31. The van der Waals surface area contributed by atoms with Crippen molar-refractivity contribution in [1.82, 2.24) is 0 Å². The van der Waals surface area contributed by atoms with Gasteiger partial charge in [0.15, 0.2) is 0 Å². The third-order valence-corrected chi connectivity index (χ3v) is 15.6. The van der Waals surface area contributed by atoms with E-state index in [4.69, 9.17) is 4.42 Å². The van der Waals surface area contributed by atoms with Crippen LogP contribution >= 0.6 is 0 Å². The number of fused-ring (bicyclic) bond motifs is 21. The summed E-state index contributed by atoms with van der Waals surface area (Å²) in [5.74, 6) is 7.46. The number of aromatic nitrogens is 2. The summed E-state index contributed by atoms with van der Waals surface area (Å²) in [7, 11) is 0. The minimum atomic E-state index is -2.19. The Labute approximate surface area is 287 Å². The third kappa shape index (κ3) is 3.34. The van der Waals surface area contributed by atoms with Crippen molar-refractivity contribution in [1.29, 1.82) is 0 Å². The van der Waals surface area contributed by atoms with Gasteiger partial charge in [-0.2, -0.15) is 0 Å². The molecule has 9 aromatic rings. The predicted octanol–water partition coefficient (Wildman–Crippen LogP) is 9.73. The molecule has 5 heterocycles. The van der Waals surface area contributed by atoms with Crippen LogP contribution in [0.1, 0.15) is 16.7 Å². The van der Waals surface area contributed by atoms with Gasteiger partial charge in [-0.1, -0.05) is 42.5 Å². The summed E-state index contributed by atoms with van der Waals surface area (Å²) in [5.41, 5.74) is 10.1. The molecular formula is C45H34GeN2O+2. The van der Waals surface area contributed by atoms with Gasteiger partial charge in [0.2, 0.25) is 0 Å². The Morgan fingerprint density at radius 3 is 1.96 bits per heavy atom. The Hall–Kier alpha value is -5.26. The molecule has 0 saturated carbocycles. The van der Waals surface area contributed by atoms with Crippen molar-refractivity contribution < 1.29 is 13.6 Å². The molecule has 1 atom stereocenters. The molecule has 0 radical (unpaired) electrons. The van der Waals surface area contributed by atoms with Crippen LogP contribution in [0.3, 0.4) is 0 Å². The fraction of sp³-hybridized carbons (Fsp3) is 0.111. The number of hydrogen-bond acceptors (Lipinski definition) is 1. The Kier molecular flexibility index (Phi) is 5.22. The normalized spacial score (nSPS) is 16.2. The first-order chi connectivity index (χ1) is 23.9. The van der Waals surface area contributed by atoms with E-state index in [1.807, 2.05) is 0 Å². The second kappa shape index (κ2) is 9.25. The topological polar surface area (TPSA) is 20.9 Å². The first kappa shape index (κ1) is 27.7. The van der Waals surface area contributed by atoms with Crippen molar-refractivity contribution in [2.75, 3.05) is 0 Å².